The van der Waals surface area contributed by atoms with E-state index in [1.807, 2.05) is 19.4 Å². The molecular weight excluding hydrogens is 204 g/mol. The molecule has 3 N–H and O–H groups in total. The van der Waals surface area contributed by atoms with Crippen molar-refractivity contribution in [3.05, 3.63) is 18.0 Å². The van der Waals surface area contributed by atoms with Gasteiger partial charge < -0.3 is 10.8 Å². The van der Waals surface area contributed by atoms with Crippen LogP contribution in [0.4, 0.5) is 0 Å². The van der Waals surface area contributed by atoms with Gasteiger partial charge in [-0.3, -0.25) is 9.58 Å². The van der Waals surface area contributed by atoms with E-state index in [0.717, 1.165) is 5.56 Å². The van der Waals surface area contributed by atoms with Crippen LogP contribution >= 0.6 is 0 Å². The molecule has 1 aliphatic rings. The van der Waals surface area contributed by atoms with Crippen molar-refractivity contribution >= 4 is 0 Å². The first-order valence-electron chi connectivity index (χ1n) is 5.81. The highest BCUT2D eigenvalue weighted by atomic mass is 16.3. The minimum absolute atomic E-state index is 0.188. The van der Waals surface area contributed by atoms with Crippen molar-refractivity contribution in [3.63, 3.8) is 0 Å². The van der Waals surface area contributed by atoms with Crippen molar-refractivity contribution in [1.82, 2.24) is 14.7 Å². The summed E-state index contributed by atoms with van der Waals surface area (Å²) in [4.78, 5) is 2.30. The second kappa shape index (κ2) is 4.95. The van der Waals surface area contributed by atoms with E-state index in [1.54, 1.807) is 4.68 Å². The molecule has 0 amide bonds. The molecule has 1 fully saturated rings. The number of aromatic nitrogens is 2. The second-order valence-electron chi connectivity index (χ2n) is 4.39. The van der Waals surface area contributed by atoms with Gasteiger partial charge in [0.2, 0.25) is 0 Å². The van der Waals surface area contributed by atoms with E-state index >= 15 is 0 Å². The van der Waals surface area contributed by atoms with Crippen LogP contribution in [0.25, 0.3) is 0 Å². The number of rotatable bonds is 6. The maximum absolute atomic E-state index is 9.11. The van der Waals surface area contributed by atoms with E-state index in [4.69, 9.17) is 10.8 Å². The van der Waals surface area contributed by atoms with Crippen LogP contribution in [-0.4, -0.2) is 45.5 Å². The summed E-state index contributed by atoms with van der Waals surface area (Å²) in [6.07, 6.45) is 6.31. The smallest absolute Gasteiger partial charge is 0.0558 e. The molecule has 1 aromatic rings. The Morgan fingerprint density at radius 3 is 2.88 bits per heavy atom. The molecule has 1 aliphatic carbocycles. The zero-order valence-electron chi connectivity index (χ0n) is 9.71. The molecule has 1 heterocycles. The lowest BCUT2D eigenvalue weighted by molar-refractivity contribution is 0.145. The fourth-order valence-corrected chi connectivity index (χ4v) is 2.19. The largest absolute Gasteiger partial charge is 0.395 e. The number of aliphatic hydroxyl groups excluding tert-OH is 1. The quantitative estimate of drug-likeness (QED) is 0.707. The van der Waals surface area contributed by atoms with Crippen molar-refractivity contribution in [2.24, 2.45) is 12.8 Å². The average molecular weight is 224 g/mol. The molecular formula is C11H20N4O. The van der Waals surface area contributed by atoms with Crippen LogP contribution in [0.15, 0.2) is 12.4 Å². The summed E-state index contributed by atoms with van der Waals surface area (Å²) in [6, 6.07) is 0.786. The van der Waals surface area contributed by atoms with Crippen molar-refractivity contribution in [2.45, 2.75) is 24.9 Å². The molecule has 16 heavy (non-hydrogen) atoms. The van der Waals surface area contributed by atoms with E-state index in [1.165, 1.54) is 12.8 Å². The first kappa shape index (κ1) is 11.6. The van der Waals surface area contributed by atoms with Gasteiger partial charge >= 0.3 is 0 Å². The van der Waals surface area contributed by atoms with Gasteiger partial charge in [0.05, 0.1) is 18.8 Å². The van der Waals surface area contributed by atoms with E-state index in [9.17, 15) is 0 Å². The first-order valence-corrected chi connectivity index (χ1v) is 5.81. The van der Waals surface area contributed by atoms with Gasteiger partial charge in [-0.25, -0.2) is 0 Å². The van der Waals surface area contributed by atoms with Gasteiger partial charge in [-0.2, -0.15) is 5.10 Å². The highest BCUT2D eigenvalue weighted by Crippen LogP contribution is 2.33. The molecule has 5 heteroatoms. The molecule has 1 unspecified atom stereocenters. The van der Waals surface area contributed by atoms with Crippen LogP contribution in [0.3, 0.4) is 0 Å². The van der Waals surface area contributed by atoms with Crippen molar-refractivity contribution < 1.29 is 5.11 Å². The molecule has 0 spiro atoms. The predicted molar refractivity (Wildman–Crippen MR) is 61.8 cm³/mol. The molecule has 0 aromatic carbocycles. The van der Waals surface area contributed by atoms with Gasteiger partial charge in [0, 0.05) is 37.9 Å². The van der Waals surface area contributed by atoms with Crippen molar-refractivity contribution in [2.75, 3.05) is 19.7 Å². The van der Waals surface area contributed by atoms with Gasteiger partial charge in [0.25, 0.3) is 0 Å². The van der Waals surface area contributed by atoms with E-state index in [2.05, 4.69) is 10.00 Å². The average Bonchev–Trinajstić information content (AvgIpc) is 3.02. The Labute approximate surface area is 95.8 Å². The van der Waals surface area contributed by atoms with Gasteiger partial charge in [0.15, 0.2) is 0 Å². The minimum atomic E-state index is 0.188. The predicted octanol–water partition coefficient (Wildman–Crippen LogP) is -0.123. The Kier molecular flexibility index (Phi) is 3.58. The zero-order chi connectivity index (χ0) is 11.5. The Hall–Kier alpha value is -0.910. The van der Waals surface area contributed by atoms with Crippen LogP contribution in [-0.2, 0) is 7.05 Å². The summed E-state index contributed by atoms with van der Waals surface area (Å²) in [5.41, 5.74) is 6.99. The van der Waals surface area contributed by atoms with E-state index in [-0.39, 0.29) is 12.6 Å². The summed E-state index contributed by atoms with van der Waals surface area (Å²) < 4.78 is 1.79. The lowest BCUT2D eigenvalue weighted by atomic mass is 10.1. The van der Waals surface area contributed by atoms with Crippen LogP contribution in [0.2, 0.25) is 0 Å². The maximum atomic E-state index is 9.11. The number of aliphatic hydroxyl groups is 1. The van der Waals surface area contributed by atoms with Crippen molar-refractivity contribution in [3.8, 4) is 0 Å². The summed E-state index contributed by atoms with van der Waals surface area (Å²) in [7, 11) is 1.91. The molecule has 5 nitrogen and oxygen atoms in total. The number of nitrogens with zero attached hydrogens (tertiary/aromatic N) is 3. The highest BCUT2D eigenvalue weighted by Gasteiger charge is 2.33. The van der Waals surface area contributed by atoms with E-state index < -0.39 is 0 Å². The van der Waals surface area contributed by atoms with Gasteiger partial charge in [-0.15, -0.1) is 0 Å². The monoisotopic (exact) mass is 224 g/mol. The van der Waals surface area contributed by atoms with Crippen LogP contribution in [0.5, 0.6) is 0 Å². The molecule has 0 radical (unpaired) electrons. The third kappa shape index (κ3) is 2.42. The van der Waals surface area contributed by atoms with Gasteiger partial charge in [0.1, 0.15) is 0 Å². The SMILES string of the molecule is Cn1cc(C(CN)N(CCO)C2CC2)cn1. The number of hydrogen-bond acceptors (Lipinski definition) is 4. The maximum Gasteiger partial charge on any atom is 0.0558 e. The van der Waals surface area contributed by atoms with Gasteiger partial charge in [-0.1, -0.05) is 0 Å². The standard InChI is InChI=1S/C11H20N4O/c1-14-8-9(7-13-14)11(6-12)15(4-5-16)10-2-3-10/h7-8,10-11,16H,2-6,12H2,1H3. The fraction of sp³-hybridized carbons (Fsp3) is 0.727. The van der Waals surface area contributed by atoms with Crippen LogP contribution < -0.4 is 5.73 Å². The summed E-state index contributed by atoms with van der Waals surface area (Å²) in [5, 5.41) is 13.3. The summed E-state index contributed by atoms with van der Waals surface area (Å²) in [6.45, 7) is 1.46. The highest BCUT2D eigenvalue weighted by molar-refractivity contribution is 5.12. The summed E-state index contributed by atoms with van der Waals surface area (Å²) in [5.74, 6) is 0. The van der Waals surface area contributed by atoms with Gasteiger partial charge in [-0.05, 0) is 12.8 Å². The van der Waals surface area contributed by atoms with Crippen LogP contribution in [0, 0.1) is 0 Å². The van der Waals surface area contributed by atoms with E-state index in [0.29, 0.717) is 19.1 Å². The topological polar surface area (TPSA) is 67.3 Å². The lowest BCUT2D eigenvalue weighted by Crippen LogP contribution is -2.37. The minimum Gasteiger partial charge on any atom is -0.395 e. The number of aryl methyl sites for hydroxylation is 1. The number of hydrogen-bond donors (Lipinski definition) is 2. The Balaban J connectivity index is 2.12. The third-order valence-electron chi connectivity index (χ3n) is 3.11. The molecule has 0 bridgehead atoms. The molecule has 2 rings (SSSR count). The Morgan fingerprint density at radius 1 is 1.69 bits per heavy atom. The lowest BCUT2D eigenvalue weighted by Gasteiger charge is -2.29. The zero-order valence-corrected chi connectivity index (χ0v) is 9.71. The number of nitrogens with two attached hydrogens (primary N) is 1. The van der Waals surface area contributed by atoms with Crippen LogP contribution in [0.1, 0.15) is 24.4 Å². The fourth-order valence-electron chi connectivity index (χ4n) is 2.19. The summed E-state index contributed by atoms with van der Waals surface area (Å²) >= 11 is 0. The first-order chi connectivity index (χ1) is 7.76. The Morgan fingerprint density at radius 2 is 2.44 bits per heavy atom. The molecule has 0 aliphatic heterocycles. The molecule has 1 saturated carbocycles. The normalized spacial score (nSPS) is 18.0. The molecule has 1 aromatic heterocycles. The molecule has 0 saturated heterocycles. The second-order valence-corrected chi connectivity index (χ2v) is 4.39. The van der Waals surface area contributed by atoms with Crippen molar-refractivity contribution in [1.29, 1.82) is 0 Å². The Bertz CT molecular complexity index is 334. The molecule has 1 atom stereocenters. The third-order valence-corrected chi connectivity index (χ3v) is 3.11. The molecule has 90 valence electrons.